The largest absolute Gasteiger partial charge is 0.359 e. The number of pyridine rings is 1. The first-order chi connectivity index (χ1) is 7.58. The number of hydrogen-bond acceptors (Lipinski definition) is 3. The van der Waals surface area contributed by atoms with Gasteiger partial charge in [0.05, 0.1) is 0 Å². The number of rotatable bonds is 5. The van der Waals surface area contributed by atoms with Gasteiger partial charge in [-0.1, -0.05) is 26.3 Å². The van der Waals surface area contributed by atoms with Gasteiger partial charge in [-0.05, 0) is 24.5 Å². The van der Waals surface area contributed by atoms with Gasteiger partial charge >= 0.3 is 0 Å². The highest BCUT2D eigenvalue weighted by atomic mass is 15.2. The lowest BCUT2D eigenvalue weighted by Gasteiger charge is -2.22. The molecular formula is C13H23N3. The van der Waals surface area contributed by atoms with E-state index in [1.165, 1.54) is 6.42 Å². The monoisotopic (exact) mass is 221 g/mol. The molecule has 0 amide bonds. The first-order valence-electron chi connectivity index (χ1n) is 5.96. The highest BCUT2D eigenvalue weighted by molar-refractivity contribution is 5.40. The van der Waals surface area contributed by atoms with Gasteiger partial charge in [0, 0.05) is 25.8 Å². The summed E-state index contributed by atoms with van der Waals surface area (Å²) in [5.74, 6) is 1.73. The Hall–Kier alpha value is -1.09. The van der Waals surface area contributed by atoms with Crippen molar-refractivity contribution in [2.75, 3.05) is 18.5 Å². The van der Waals surface area contributed by atoms with Gasteiger partial charge in [-0.25, -0.2) is 4.98 Å². The molecule has 0 saturated carbocycles. The molecule has 1 unspecified atom stereocenters. The zero-order chi connectivity index (χ0) is 12.1. The summed E-state index contributed by atoms with van der Waals surface area (Å²) in [6, 6.07) is 4.13. The molecule has 0 aliphatic heterocycles. The number of nitrogens with zero attached hydrogens (tertiary/aromatic N) is 2. The molecule has 0 aliphatic rings. The zero-order valence-corrected chi connectivity index (χ0v) is 10.8. The molecule has 2 N–H and O–H groups in total. The maximum Gasteiger partial charge on any atom is 0.128 e. The Labute approximate surface area is 98.7 Å². The van der Waals surface area contributed by atoms with E-state index in [9.17, 15) is 0 Å². The van der Waals surface area contributed by atoms with E-state index in [0.29, 0.717) is 12.5 Å². The van der Waals surface area contributed by atoms with E-state index in [-0.39, 0.29) is 0 Å². The SMILES string of the molecule is CCC(C)CN(C)c1ccc(CN)c(C)n1. The van der Waals surface area contributed by atoms with Crippen LogP contribution < -0.4 is 10.6 Å². The minimum atomic E-state index is 0.564. The van der Waals surface area contributed by atoms with Crippen LogP contribution in [-0.2, 0) is 6.54 Å². The summed E-state index contributed by atoms with van der Waals surface area (Å²) in [7, 11) is 2.09. The van der Waals surface area contributed by atoms with Crippen LogP contribution >= 0.6 is 0 Å². The van der Waals surface area contributed by atoms with Crippen molar-refractivity contribution in [1.82, 2.24) is 4.98 Å². The van der Waals surface area contributed by atoms with Gasteiger partial charge in [-0.3, -0.25) is 0 Å². The fourth-order valence-corrected chi connectivity index (χ4v) is 1.70. The van der Waals surface area contributed by atoms with Crippen LogP contribution in [0.1, 0.15) is 31.5 Å². The molecule has 16 heavy (non-hydrogen) atoms. The number of aryl methyl sites for hydroxylation is 1. The molecule has 0 saturated heterocycles. The lowest BCUT2D eigenvalue weighted by atomic mass is 10.1. The van der Waals surface area contributed by atoms with Crippen LogP contribution in [0.4, 0.5) is 5.82 Å². The molecule has 3 heteroatoms. The summed E-state index contributed by atoms with van der Waals surface area (Å²) in [5.41, 5.74) is 7.79. The highest BCUT2D eigenvalue weighted by Gasteiger charge is 2.08. The van der Waals surface area contributed by atoms with Gasteiger partial charge in [0.25, 0.3) is 0 Å². The van der Waals surface area contributed by atoms with Crippen molar-refractivity contribution in [1.29, 1.82) is 0 Å². The van der Waals surface area contributed by atoms with E-state index >= 15 is 0 Å². The third kappa shape index (κ3) is 3.20. The van der Waals surface area contributed by atoms with Crippen LogP contribution in [0.5, 0.6) is 0 Å². The van der Waals surface area contributed by atoms with Gasteiger partial charge in [-0.15, -0.1) is 0 Å². The third-order valence-corrected chi connectivity index (χ3v) is 3.07. The van der Waals surface area contributed by atoms with Crippen LogP contribution in [0.3, 0.4) is 0 Å². The van der Waals surface area contributed by atoms with Gasteiger partial charge in [-0.2, -0.15) is 0 Å². The predicted octanol–water partition coefficient (Wildman–Crippen LogP) is 2.33. The van der Waals surface area contributed by atoms with E-state index in [2.05, 4.69) is 42.9 Å². The van der Waals surface area contributed by atoms with E-state index in [1.807, 2.05) is 6.92 Å². The molecule has 90 valence electrons. The van der Waals surface area contributed by atoms with Gasteiger partial charge in [0.15, 0.2) is 0 Å². The highest BCUT2D eigenvalue weighted by Crippen LogP contribution is 2.15. The summed E-state index contributed by atoms with van der Waals surface area (Å²) in [6.07, 6.45) is 1.20. The van der Waals surface area contributed by atoms with Crippen molar-refractivity contribution in [3.8, 4) is 0 Å². The summed E-state index contributed by atoms with van der Waals surface area (Å²) < 4.78 is 0. The number of aromatic nitrogens is 1. The van der Waals surface area contributed by atoms with Crippen molar-refractivity contribution in [3.05, 3.63) is 23.4 Å². The van der Waals surface area contributed by atoms with Crippen LogP contribution in [0.15, 0.2) is 12.1 Å². The van der Waals surface area contributed by atoms with E-state index in [0.717, 1.165) is 23.6 Å². The average molecular weight is 221 g/mol. The second-order valence-electron chi connectivity index (χ2n) is 4.51. The van der Waals surface area contributed by atoms with Gasteiger partial charge < -0.3 is 10.6 Å². The van der Waals surface area contributed by atoms with Crippen LogP contribution in [-0.4, -0.2) is 18.6 Å². The first-order valence-corrected chi connectivity index (χ1v) is 5.96. The molecule has 1 atom stereocenters. The molecule has 0 radical (unpaired) electrons. The smallest absolute Gasteiger partial charge is 0.128 e. The summed E-state index contributed by atoms with van der Waals surface area (Å²) in [6.45, 7) is 8.11. The summed E-state index contributed by atoms with van der Waals surface area (Å²) >= 11 is 0. The summed E-state index contributed by atoms with van der Waals surface area (Å²) in [4.78, 5) is 6.79. The van der Waals surface area contributed by atoms with Crippen molar-refractivity contribution >= 4 is 5.82 Å². The zero-order valence-electron chi connectivity index (χ0n) is 10.8. The Balaban J connectivity index is 2.76. The molecule has 1 aromatic rings. The number of hydrogen-bond donors (Lipinski definition) is 1. The Morgan fingerprint density at radius 2 is 2.12 bits per heavy atom. The van der Waals surface area contributed by atoms with E-state index in [4.69, 9.17) is 5.73 Å². The fourth-order valence-electron chi connectivity index (χ4n) is 1.70. The standard InChI is InChI=1S/C13H23N3/c1-5-10(2)9-16(4)13-7-6-12(8-14)11(3)15-13/h6-7,10H,5,8-9,14H2,1-4H3. The molecule has 1 aromatic heterocycles. The lowest BCUT2D eigenvalue weighted by molar-refractivity contribution is 0.557. The maximum atomic E-state index is 5.63. The van der Waals surface area contributed by atoms with Crippen molar-refractivity contribution in [3.63, 3.8) is 0 Å². The summed E-state index contributed by atoms with van der Waals surface area (Å²) in [5, 5.41) is 0. The molecule has 0 spiro atoms. The maximum absolute atomic E-state index is 5.63. The molecule has 1 rings (SSSR count). The number of nitrogens with two attached hydrogens (primary N) is 1. The van der Waals surface area contributed by atoms with Gasteiger partial charge in [0.2, 0.25) is 0 Å². The fraction of sp³-hybridized carbons (Fsp3) is 0.615. The van der Waals surface area contributed by atoms with Crippen molar-refractivity contribution in [2.24, 2.45) is 11.7 Å². The Morgan fingerprint density at radius 3 is 2.62 bits per heavy atom. The second-order valence-corrected chi connectivity index (χ2v) is 4.51. The van der Waals surface area contributed by atoms with Crippen LogP contribution in [0.2, 0.25) is 0 Å². The van der Waals surface area contributed by atoms with Crippen LogP contribution in [0, 0.1) is 12.8 Å². The second kappa shape index (κ2) is 5.85. The van der Waals surface area contributed by atoms with E-state index < -0.39 is 0 Å². The van der Waals surface area contributed by atoms with Crippen molar-refractivity contribution in [2.45, 2.75) is 33.7 Å². The molecule has 0 aromatic carbocycles. The quantitative estimate of drug-likeness (QED) is 0.829. The van der Waals surface area contributed by atoms with Gasteiger partial charge in [0.1, 0.15) is 5.82 Å². The predicted molar refractivity (Wildman–Crippen MR) is 69.6 cm³/mol. The van der Waals surface area contributed by atoms with Crippen LogP contribution in [0.25, 0.3) is 0 Å². The average Bonchev–Trinajstić information content (AvgIpc) is 2.28. The minimum Gasteiger partial charge on any atom is -0.359 e. The van der Waals surface area contributed by atoms with E-state index in [1.54, 1.807) is 0 Å². The number of anilines is 1. The molecule has 0 aliphatic carbocycles. The Bertz CT molecular complexity index is 336. The third-order valence-electron chi connectivity index (χ3n) is 3.07. The molecular weight excluding hydrogens is 198 g/mol. The molecule has 3 nitrogen and oxygen atoms in total. The lowest BCUT2D eigenvalue weighted by Crippen LogP contribution is -2.24. The Morgan fingerprint density at radius 1 is 1.44 bits per heavy atom. The molecule has 0 fully saturated rings. The molecule has 0 bridgehead atoms. The first kappa shape index (κ1) is 13.0. The Kier molecular flexibility index (Phi) is 4.74. The normalized spacial score (nSPS) is 12.6. The van der Waals surface area contributed by atoms with Crippen molar-refractivity contribution < 1.29 is 0 Å². The minimum absolute atomic E-state index is 0.564. The molecule has 1 heterocycles. The topological polar surface area (TPSA) is 42.1 Å².